The minimum Gasteiger partial charge on any atom is -0.508 e. The van der Waals surface area contributed by atoms with E-state index in [0.717, 1.165) is 24.3 Å². The monoisotopic (exact) mass is 376 g/mol. The maximum absolute atomic E-state index is 11.9. The Kier molecular flexibility index (Phi) is 7.48. The summed E-state index contributed by atoms with van der Waals surface area (Å²) < 4.78 is 71.1. The molecule has 0 bridgehead atoms. The minimum atomic E-state index is -4.38. The molecule has 0 saturated heterocycles. The molecule has 0 unspecified atom stereocenters. The van der Waals surface area contributed by atoms with Gasteiger partial charge in [-0.25, -0.2) is 0 Å². The molecule has 0 aliphatic rings. The van der Waals surface area contributed by atoms with Crippen molar-refractivity contribution in [2.75, 3.05) is 0 Å². The van der Waals surface area contributed by atoms with E-state index < -0.39 is 23.5 Å². The Bertz CT molecular complexity index is 570. The van der Waals surface area contributed by atoms with Gasteiger partial charge in [0.15, 0.2) is 0 Å². The van der Waals surface area contributed by atoms with Gasteiger partial charge in [0.05, 0.1) is 11.1 Å². The fraction of sp³-hybridized carbons (Fsp3) is 0.143. The molecule has 2 rings (SSSR count). The van der Waals surface area contributed by atoms with Crippen LogP contribution in [0.1, 0.15) is 11.1 Å². The van der Waals surface area contributed by atoms with E-state index in [9.17, 15) is 26.3 Å². The van der Waals surface area contributed by atoms with E-state index in [2.05, 4.69) is 0 Å². The van der Waals surface area contributed by atoms with Gasteiger partial charge in [-0.2, -0.15) is 26.3 Å². The summed E-state index contributed by atoms with van der Waals surface area (Å²) >= 11 is 0. The SMILES string of the molecule is Oc1cccc(C(F)(F)F)c1.Oc1cccc(C(F)(F)F)c1.[Cr]. The maximum Gasteiger partial charge on any atom is 0.416 e. The molecule has 0 heterocycles. The summed E-state index contributed by atoms with van der Waals surface area (Å²) in [6.07, 6.45) is -8.75. The molecule has 2 aromatic rings. The predicted octanol–water partition coefficient (Wildman–Crippen LogP) is 4.82. The molecule has 2 aromatic carbocycles. The van der Waals surface area contributed by atoms with E-state index in [1.807, 2.05) is 0 Å². The predicted molar refractivity (Wildman–Crippen MR) is 66.2 cm³/mol. The van der Waals surface area contributed by atoms with Gasteiger partial charge in [-0.1, -0.05) is 12.1 Å². The van der Waals surface area contributed by atoms with E-state index >= 15 is 0 Å². The molecule has 2 N–H and O–H groups in total. The van der Waals surface area contributed by atoms with Crippen LogP contribution in [0.3, 0.4) is 0 Å². The summed E-state index contributed by atoms with van der Waals surface area (Å²) in [6.45, 7) is 0. The van der Waals surface area contributed by atoms with Crippen LogP contribution in [0.2, 0.25) is 0 Å². The van der Waals surface area contributed by atoms with E-state index in [4.69, 9.17) is 10.2 Å². The normalized spacial score (nSPS) is 11.0. The summed E-state index contributed by atoms with van der Waals surface area (Å²) in [6, 6.07) is 7.85. The maximum atomic E-state index is 11.9. The molecule has 0 saturated carbocycles. The number of phenolic OH excluding ortho intramolecular Hbond substituents is 2. The number of hydrogen-bond acceptors (Lipinski definition) is 2. The third kappa shape index (κ3) is 7.30. The van der Waals surface area contributed by atoms with E-state index in [-0.39, 0.29) is 28.9 Å². The largest absolute Gasteiger partial charge is 0.508 e. The van der Waals surface area contributed by atoms with Gasteiger partial charge in [-0.15, -0.1) is 0 Å². The van der Waals surface area contributed by atoms with Gasteiger partial charge in [-0.05, 0) is 36.4 Å². The third-order valence-corrected chi connectivity index (χ3v) is 2.35. The Labute approximate surface area is 138 Å². The zero-order chi connectivity index (χ0) is 17.0. The summed E-state index contributed by atoms with van der Waals surface area (Å²) in [5.41, 5.74) is -1.67. The van der Waals surface area contributed by atoms with Crippen LogP contribution in [-0.4, -0.2) is 10.2 Å². The summed E-state index contributed by atoms with van der Waals surface area (Å²) in [4.78, 5) is 0. The number of alkyl halides is 6. The van der Waals surface area contributed by atoms with Gasteiger partial charge in [0.1, 0.15) is 11.5 Å². The molecule has 0 spiro atoms. The Morgan fingerprint density at radius 3 is 1.09 bits per heavy atom. The summed E-state index contributed by atoms with van der Waals surface area (Å²) in [5.74, 6) is -0.750. The van der Waals surface area contributed by atoms with Crippen LogP contribution in [0.4, 0.5) is 26.3 Å². The molecule has 23 heavy (non-hydrogen) atoms. The van der Waals surface area contributed by atoms with Gasteiger partial charge in [0, 0.05) is 17.4 Å². The summed E-state index contributed by atoms with van der Waals surface area (Å²) in [7, 11) is 0. The van der Waals surface area contributed by atoms with E-state index in [1.54, 1.807) is 0 Å². The number of aromatic hydroxyl groups is 2. The Balaban J connectivity index is 0.000000403. The van der Waals surface area contributed by atoms with Crippen LogP contribution in [0, 0.1) is 0 Å². The molecule has 0 aliphatic carbocycles. The van der Waals surface area contributed by atoms with Gasteiger partial charge >= 0.3 is 12.4 Å². The molecule has 0 atom stereocenters. The molecule has 0 aliphatic heterocycles. The van der Waals surface area contributed by atoms with Crippen molar-refractivity contribution >= 4 is 0 Å². The van der Waals surface area contributed by atoms with Crippen LogP contribution in [0.25, 0.3) is 0 Å². The fourth-order valence-electron chi connectivity index (χ4n) is 1.36. The first-order valence-corrected chi connectivity index (χ1v) is 5.72. The second-order valence-electron chi connectivity index (χ2n) is 4.10. The van der Waals surface area contributed by atoms with Crippen molar-refractivity contribution in [2.24, 2.45) is 0 Å². The molecule has 0 aromatic heterocycles. The first-order valence-electron chi connectivity index (χ1n) is 5.72. The second kappa shape index (κ2) is 8.13. The fourth-order valence-corrected chi connectivity index (χ4v) is 1.36. The van der Waals surface area contributed by atoms with Crippen molar-refractivity contribution in [3.8, 4) is 11.5 Å². The van der Waals surface area contributed by atoms with Crippen LogP contribution < -0.4 is 0 Å². The van der Waals surface area contributed by atoms with Crippen molar-refractivity contribution in [3.05, 3.63) is 59.7 Å². The van der Waals surface area contributed by atoms with Gasteiger partial charge in [0.2, 0.25) is 0 Å². The van der Waals surface area contributed by atoms with Crippen LogP contribution >= 0.6 is 0 Å². The molecule has 0 fully saturated rings. The molecule has 126 valence electrons. The second-order valence-corrected chi connectivity index (χ2v) is 4.10. The molecule has 0 radical (unpaired) electrons. The van der Waals surface area contributed by atoms with Gasteiger partial charge in [-0.3, -0.25) is 0 Å². The molecule has 9 heteroatoms. The number of phenols is 2. The number of halogens is 6. The quantitative estimate of drug-likeness (QED) is 0.648. The first kappa shape index (κ1) is 21.2. The van der Waals surface area contributed by atoms with E-state index in [0.29, 0.717) is 12.1 Å². The number of hydrogen-bond donors (Lipinski definition) is 2. The Hall–Kier alpha value is -1.85. The van der Waals surface area contributed by atoms with Crippen molar-refractivity contribution in [1.29, 1.82) is 0 Å². The van der Waals surface area contributed by atoms with Crippen molar-refractivity contribution in [3.63, 3.8) is 0 Å². The van der Waals surface area contributed by atoms with Crippen molar-refractivity contribution < 1.29 is 53.9 Å². The molecule has 2 nitrogen and oxygen atoms in total. The Morgan fingerprint density at radius 1 is 0.609 bits per heavy atom. The number of rotatable bonds is 0. The minimum absolute atomic E-state index is 0. The van der Waals surface area contributed by atoms with Crippen LogP contribution in [-0.2, 0) is 29.7 Å². The van der Waals surface area contributed by atoms with Gasteiger partial charge in [0.25, 0.3) is 0 Å². The van der Waals surface area contributed by atoms with Crippen molar-refractivity contribution in [2.45, 2.75) is 12.4 Å². The Morgan fingerprint density at radius 2 is 0.913 bits per heavy atom. The zero-order valence-corrected chi connectivity index (χ0v) is 12.5. The third-order valence-electron chi connectivity index (χ3n) is 2.35. The van der Waals surface area contributed by atoms with Crippen LogP contribution in [0.15, 0.2) is 48.5 Å². The number of benzene rings is 2. The molecule has 0 amide bonds. The van der Waals surface area contributed by atoms with E-state index in [1.165, 1.54) is 12.1 Å². The molecular formula is C14H10CrF6O2. The molecular weight excluding hydrogens is 366 g/mol. The zero-order valence-electron chi connectivity index (χ0n) is 11.2. The average Bonchev–Trinajstić information content (AvgIpc) is 2.37. The van der Waals surface area contributed by atoms with Crippen molar-refractivity contribution in [1.82, 2.24) is 0 Å². The standard InChI is InChI=1S/2C7H5F3O.Cr/c2*8-7(9,10)5-2-1-3-6(11)4-5;/h2*1-4,11H;. The van der Waals surface area contributed by atoms with Crippen LogP contribution in [0.5, 0.6) is 11.5 Å². The van der Waals surface area contributed by atoms with Gasteiger partial charge < -0.3 is 10.2 Å². The first-order chi connectivity index (χ1) is 10.00. The summed E-state index contributed by atoms with van der Waals surface area (Å²) in [5, 5.41) is 17.4. The average molecular weight is 376 g/mol. The smallest absolute Gasteiger partial charge is 0.416 e. The topological polar surface area (TPSA) is 40.5 Å².